The molecule has 1 aliphatic rings. The van der Waals surface area contributed by atoms with Gasteiger partial charge in [-0.1, -0.05) is 30.3 Å². The zero-order valence-electron chi connectivity index (χ0n) is 15.0. The van der Waals surface area contributed by atoms with Gasteiger partial charge in [-0.05, 0) is 31.4 Å². The molecule has 0 aliphatic carbocycles. The molecule has 0 saturated carbocycles. The van der Waals surface area contributed by atoms with E-state index < -0.39 is 17.9 Å². The Morgan fingerprint density at radius 3 is 2.42 bits per heavy atom. The molecule has 1 saturated heterocycles. The first kappa shape index (κ1) is 18.2. The van der Waals surface area contributed by atoms with Crippen LogP contribution in [0.25, 0.3) is 11.1 Å². The van der Waals surface area contributed by atoms with E-state index in [1.54, 1.807) is 13.8 Å². The van der Waals surface area contributed by atoms with Crippen molar-refractivity contribution >= 4 is 11.9 Å². The Labute approximate surface area is 152 Å². The van der Waals surface area contributed by atoms with Gasteiger partial charge in [-0.15, -0.1) is 0 Å². The molecule has 0 amide bonds. The van der Waals surface area contributed by atoms with Crippen molar-refractivity contribution in [2.75, 3.05) is 13.2 Å². The average Bonchev–Trinajstić information content (AvgIpc) is 3.30. The average molecular weight is 356 g/mol. The molecular formula is C20H24N2O4. The molecule has 1 fully saturated rings. The Kier molecular flexibility index (Phi) is 5.73. The molecule has 6 nitrogen and oxygen atoms in total. The van der Waals surface area contributed by atoms with E-state index in [1.807, 2.05) is 42.7 Å². The highest BCUT2D eigenvalue weighted by Crippen LogP contribution is 2.37. The maximum absolute atomic E-state index is 12.4. The zero-order chi connectivity index (χ0) is 18.5. The predicted octanol–water partition coefficient (Wildman–Crippen LogP) is 2.83. The third-order valence-corrected chi connectivity index (χ3v) is 4.64. The van der Waals surface area contributed by atoms with Crippen molar-refractivity contribution in [2.45, 2.75) is 32.4 Å². The molecule has 1 aliphatic heterocycles. The summed E-state index contributed by atoms with van der Waals surface area (Å²) in [6.07, 6.45) is 4.33. The van der Waals surface area contributed by atoms with E-state index in [9.17, 15) is 9.59 Å². The van der Waals surface area contributed by atoms with Gasteiger partial charge in [0.2, 0.25) is 0 Å². The number of ether oxygens (including phenoxy) is 2. The number of benzene rings is 1. The second kappa shape index (κ2) is 8.19. The van der Waals surface area contributed by atoms with Crippen LogP contribution in [0, 0.1) is 5.92 Å². The van der Waals surface area contributed by atoms with Crippen molar-refractivity contribution in [3.63, 3.8) is 0 Å². The number of rotatable bonds is 6. The minimum Gasteiger partial charge on any atom is -0.466 e. The van der Waals surface area contributed by atoms with Crippen LogP contribution in [-0.2, 0) is 19.1 Å². The monoisotopic (exact) mass is 356 g/mol. The van der Waals surface area contributed by atoms with Crippen LogP contribution < -0.4 is 5.32 Å². The molecule has 26 heavy (non-hydrogen) atoms. The number of carbonyl (C=O) groups excluding carboxylic acids is 2. The number of hydrogen-bond donors (Lipinski definition) is 2. The molecular weight excluding hydrogens is 332 g/mol. The van der Waals surface area contributed by atoms with Crippen molar-refractivity contribution in [1.29, 1.82) is 0 Å². The van der Waals surface area contributed by atoms with Crippen molar-refractivity contribution in [3.05, 3.63) is 48.3 Å². The Bertz CT molecular complexity index is 730. The third kappa shape index (κ3) is 3.65. The fraction of sp³-hybridized carbons (Fsp3) is 0.400. The minimum atomic E-state index is -0.697. The SMILES string of the molecule is CCOC(=O)[C@@H]1C[C@@H](c2c[nH]cc2-c2ccccc2)N[C@H]1C(=O)OCC. The molecule has 138 valence electrons. The number of aromatic amines is 1. The van der Waals surface area contributed by atoms with E-state index in [0.29, 0.717) is 6.42 Å². The van der Waals surface area contributed by atoms with Gasteiger partial charge < -0.3 is 14.5 Å². The van der Waals surface area contributed by atoms with E-state index in [2.05, 4.69) is 10.3 Å². The summed E-state index contributed by atoms with van der Waals surface area (Å²) in [5, 5.41) is 3.28. The molecule has 0 bridgehead atoms. The maximum Gasteiger partial charge on any atom is 0.324 e. The lowest BCUT2D eigenvalue weighted by Crippen LogP contribution is -2.41. The summed E-state index contributed by atoms with van der Waals surface area (Å²) in [6, 6.07) is 9.17. The van der Waals surface area contributed by atoms with E-state index in [4.69, 9.17) is 9.47 Å². The third-order valence-electron chi connectivity index (χ3n) is 4.64. The number of esters is 2. The molecule has 2 heterocycles. The summed E-state index contributed by atoms with van der Waals surface area (Å²) in [7, 11) is 0. The van der Waals surface area contributed by atoms with Crippen LogP contribution in [-0.4, -0.2) is 36.2 Å². The van der Waals surface area contributed by atoms with Crippen LogP contribution in [0.4, 0.5) is 0 Å². The lowest BCUT2D eigenvalue weighted by molar-refractivity contribution is -0.155. The van der Waals surface area contributed by atoms with Gasteiger partial charge in [0, 0.05) is 24.0 Å². The predicted molar refractivity (Wildman–Crippen MR) is 97.3 cm³/mol. The fourth-order valence-corrected chi connectivity index (χ4v) is 3.49. The normalized spacial score (nSPS) is 22.2. The molecule has 0 radical (unpaired) electrons. The van der Waals surface area contributed by atoms with Crippen LogP contribution in [0.1, 0.15) is 31.9 Å². The molecule has 0 unspecified atom stereocenters. The van der Waals surface area contributed by atoms with Gasteiger partial charge in [0.15, 0.2) is 0 Å². The van der Waals surface area contributed by atoms with Crippen LogP contribution in [0.15, 0.2) is 42.7 Å². The second-order valence-electron chi connectivity index (χ2n) is 6.23. The molecule has 3 rings (SSSR count). The largest absolute Gasteiger partial charge is 0.466 e. The van der Waals surface area contributed by atoms with Gasteiger partial charge in [-0.2, -0.15) is 0 Å². The second-order valence-corrected chi connectivity index (χ2v) is 6.23. The Hall–Kier alpha value is -2.60. The van der Waals surface area contributed by atoms with Gasteiger partial charge in [0.1, 0.15) is 6.04 Å². The van der Waals surface area contributed by atoms with Crippen LogP contribution in [0.2, 0.25) is 0 Å². The number of hydrogen-bond acceptors (Lipinski definition) is 5. The standard InChI is InChI=1S/C20H24N2O4/c1-3-25-19(23)14-10-17(22-18(14)20(24)26-4-2)16-12-21-11-15(16)13-8-6-5-7-9-13/h5-9,11-12,14,17-18,21-22H,3-4,10H2,1-2H3/t14-,17+,18-/m1/s1. The summed E-state index contributed by atoms with van der Waals surface area (Å²) in [5.41, 5.74) is 3.16. The van der Waals surface area contributed by atoms with E-state index >= 15 is 0 Å². The zero-order valence-corrected chi connectivity index (χ0v) is 15.0. The van der Waals surface area contributed by atoms with Gasteiger partial charge in [-0.3, -0.25) is 14.9 Å². The maximum atomic E-state index is 12.4. The first-order valence-corrected chi connectivity index (χ1v) is 8.97. The summed E-state index contributed by atoms with van der Waals surface area (Å²) in [5.74, 6) is -1.33. The quantitative estimate of drug-likeness (QED) is 0.778. The Morgan fingerprint density at radius 1 is 1.04 bits per heavy atom. The summed E-state index contributed by atoms with van der Waals surface area (Å²) in [6.45, 7) is 4.08. The topological polar surface area (TPSA) is 80.4 Å². The van der Waals surface area contributed by atoms with Crippen molar-refractivity contribution < 1.29 is 19.1 Å². The molecule has 2 aromatic rings. The van der Waals surface area contributed by atoms with Crippen LogP contribution >= 0.6 is 0 Å². The van der Waals surface area contributed by atoms with E-state index in [-0.39, 0.29) is 25.2 Å². The van der Waals surface area contributed by atoms with Gasteiger partial charge in [0.05, 0.1) is 19.1 Å². The number of nitrogens with one attached hydrogen (secondary N) is 2. The number of H-pyrrole nitrogens is 1. The summed E-state index contributed by atoms with van der Waals surface area (Å²) < 4.78 is 10.3. The lowest BCUT2D eigenvalue weighted by Gasteiger charge is -2.16. The van der Waals surface area contributed by atoms with Crippen molar-refractivity contribution in [3.8, 4) is 11.1 Å². The van der Waals surface area contributed by atoms with Gasteiger partial charge in [-0.25, -0.2) is 0 Å². The van der Waals surface area contributed by atoms with Crippen LogP contribution in [0.5, 0.6) is 0 Å². The van der Waals surface area contributed by atoms with E-state index in [1.165, 1.54) is 0 Å². The molecule has 1 aromatic carbocycles. The van der Waals surface area contributed by atoms with Gasteiger partial charge in [0.25, 0.3) is 0 Å². The molecule has 1 aromatic heterocycles. The Morgan fingerprint density at radius 2 is 1.73 bits per heavy atom. The van der Waals surface area contributed by atoms with Crippen LogP contribution in [0.3, 0.4) is 0 Å². The first-order chi connectivity index (χ1) is 12.7. The smallest absolute Gasteiger partial charge is 0.324 e. The van der Waals surface area contributed by atoms with Crippen molar-refractivity contribution in [1.82, 2.24) is 10.3 Å². The number of carbonyl (C=O) groups is 2. The fourth-order valence-electron chi connectivity index (χ4n) is 3.49. The van der Waals surface area contributed by atoms with E-state index in [0.717, 1.165) is 16.7 Å². The van der Waals surface area contributed by atoms with Crippen molar-refractivity contribution in [2.24, 2.45) is 5.92 Å². The number of aromatic nitrogens is 1. The molecule has 6 heteroatoms. The first-order valence-electron chi connectivity index (χ1n) is 8.97. The lowest BCUT2D eigenvalue weighted by atomic mass is 9.94. The summed E-state index contributed by atoms with van der Waals surface area (Å²) in [4.78, 5) is 27.8. The molecule has 0 spiro atoms. The minimum absolute atomic E-state index is 0.139. The highest BCUT2D eigenvalue weighted by molar-refractivity contribution is 5.86. The Balaban J connectivity index is 1.87. The molecule has 2 N–H and O–H groups in total. The highest BCUT2D eigenvalue weighted by atomic mass is 16.5. The summed E-state index contributed by atoms with van der Waals surface area (Å²) >= 11 is 0. The van der Waals surface area contributed by atoms with Gasteiger partial charge >= 0.3 is 11.9 Å². The molecule has 3 atom stereocenters. The highest BCUT2D eigenvalue weighted by Gasteiger charge is 2.45.